The predicted molar refractivity (Wildman–Crippen MR) is 42.0 cm³/mol. The van der Waals surface area contributed by atoms with Crippen molar-refractivity contribution in [2.45, 2.75) is 11.7 Å². The van der Waals surface area contributed by atoms with Crippen molar-refractivity contribution >= 4 is 9.73 Å². The van der Waals surface area contributed by atoms with Gasteiger partial charge in [0.25, 0.3) is 0 Å². The van der Waals surface area contributed by atoms with Crippen LogP contribution in [0.5, 0.6) is 0 Å². The third-order valence-electron chi connectivity index (χ3n) is 1.84. The maximum absolute atomic E-state index is 11.4. The molecule has 1 rings (SSSR count). The van der Waals surface area contributed by atoms with Crippen molar-refractivity contribution in [3.05, 3.63) is 0 Å². The van der Waals surface area contributed by atoms with Crippen LogP contribution >= 0.6 is 0 Å². The summed E-state index contributed by atoms with van der Waals surface area (Å²) in [6.07, 6.45) is 2.54. The molecule has 1 aliphatic heterocycles. The van der Waals surface area contributed by atoms with Gasteiger partial charge in [-0.05, 0) is 13.0 Å². The monoisotopic (exact) mass is 163 g/mol. The highest BCUT2D eigenvalue weighted by atomic mass is 32.2. The van der Waals surface area contributed by atoms with Crippen molar-refractivity contribution in [3.8, 4) is 0 Å². The van der Waals surface area contributed by atoms with Gasteiger partial charge in [-0.3, -0.25) is 0 Å². The van der Waals surface area contributed by atoms with Crippen LogP contribution in [0.2, 0.25) is 0 Å². The Hall–Kier alpha value is -0.130. The first kappa shape index (κ1) is 7.97. The van der Waals surface area contributed by atoms with Crippen molar-refractivity contribution in [1.29, 1.82) is 0 Å². The van der Waals surface area contributed by atoms with E-state index in [2.05, 4.69) is 9.79 Å². The van der Waals surface area contributed by atoms with Gasteiger partial charge in [-0.1, -0.05) is 0 Å². The largest absolute Gasteiger partial charge is 0.315 e. The Morgan fingerprint density at radius 1 is 1.80 bits per heavy atom. The maximum atomic E-state index is 11.4. The fourth-order valence-electron chi connectivity index (χ4n) is 1.09. The van der Waals surface area contributed by atoms with E-state index in [1.807, 2.05) is 0 Å². The van der Waals surface area contributed by atoms with Gasteiger partial charge in [-0.25, -0.2) is 10.1 Å². The van der Waals surface area contributed by atoms with Crippen molar-refractivity contribution in [1.82, 2.24) is 5.32 Å². The summed E-state index contributed by atoms with van der Waals surface area (Å²) in [5, 5.41) is 3.27. The van der Waals surface area contributed by atoms with Gasteiger partial charge in [-0.15, -0.1) is 0 Å². The molecule has 0 aliphatic carbocycles. The highest BCUT2D eigenvalue weighted by Crippen LogP contribution is 2.09. The minimum Gasteiger partial charge on any atom is -0.315 e. The van der Waals surface area contributed by atoms with Crippen LogP contribution in [-0.4, -0.2) is 28.8 Å². The fourth-order valence-corrected chi connectivity index (χ4v) is 2.24. The van der Waals surface area contributed by atoms with Gasteiger partial charge in [-0.2, -0.15) is 4.47 Å². The number of nitrogens with zero attached hydrogens (tertiary/aromatic N) is 1. The predicted octanol–water partition coefficient (Wildman–Crippen LogP) is -0.680. The zero-order valence-corrected chi connectivity index (χ0v) is 6.86. The summed E-state index contributed by atoms with van der Waals surface area (Å²) in [6.45, 7) is 1.72. The lowest BCUT2D eigenvalue weighted by molar-refractivity contribution is 0.668. The molecule has 0 aromatic heterocycles. The second kappa shape index (κ2) is 2.86. The molecule has 60 valence electrons. The Balaban J connectivity index is 2.73. The first-order valence-electron chi connectivity index (χ1n) is 3.27. The number of rotatable bonds is 1. The Morgan fingerprint density at radius 3 is 2.90 bits per heavy atom. The Labute approximate surface area is 61.3 Å². The van der Waals surface area contributed by atoms with E-state index in [0.717, 1.165) is 19.5 Å². The van der Waals surface area contributed by atoms with Crippen molar-refractivity contribution < 1.29 is 4.21 Å². The van der Waals surface area contributed by atoms with E-state index in [0.29, 0.717) is 0 Å². The van der Waals surface area contributed by atoms with E-state index < -0.39 is 9.73 Å². The molecule has 1 fully saturated rings. The number of nitrogens with two attached hydrogens (primary N) is 1. The van der Waals surface area contributed by atoms with Crippen LogP contribution < -0.4 is 11.2 Å². The molecule has 0 aromatic carbocycles. The van der Waals surface area contributed by atoms with E-state index in [1.54, 1.807) is 6.26 Å². The Bertz CT molecular complexity index is 213. The second-order valence-corrected chi connectivity index (χ2v) is 5.18. The summed E-state index contributed by atoms with van der Waals surface area (Å²) < 4.78 is 14.8. The second-order valence-electron chi connectivity index (χ2n) is 2.58. The average Bonchev–Trinajstić information content (AvgIpc) is 2.38. The lowest BCUT2D eigenvalue weighted by Gasteiger charge is -2.07. The number of hydrogen-bond acceptors (Lipinski definition) is 3. The molecule has 4 nitrogen and oxygen atoms in total. The summed E-state index contributed by atoms with van der Waals surface area (Å²) in [5.74, 6) is 5.01. The molecule has 3 N–H and O–H groups in total. The standard InChI is InChI=1S/C5H13N3OS/c1-10(9,8-6)5-2-3-7-4-5/h5,7H,2-4,6H2,1H3. The first-order valence-corrected chi connectivity index (χ1v) is 5.26. The van der Waals surface area contributed by atoms with Crippen LogP contribution in [-0.2, 0) is 9.73 Å². The molecule has 0 spiro atoms. The van der Waals surface area contributed by atoms with Crippen molar-refractivity contribution in [2.75, 3.05) is 19.3 Å². The average molecular weight is 163 g/mol. The SMILES string of the molecule is CS(=O)(=NN)C1CCNC1. The van der Waals surface area contributed by atoms with Gasteiger partial charge in [0.1, 0.15) is 0 Å². The third-order valence-corrected chi connectivity index (χ3v) is 3.90. The lowest BCUT2D eigenvalue weighted by Crippen LogP contribution is -2.23. The number of nitrogens with one attached hydrogen (secondary N) is 1. The van der Waals surface area contributed by atoms with Gasteiger partial charge in [0.2, 0.25) is 0 Å². The van der Waals surface area contributed by atoms with E-state index in [1.165, 1.54) is 0 Å². The van der Waals surface area contributed by atoms with Crippen molar-refractivity contribution in [2.24, 2.45) is 10.3 Å². The zero-order valence-electron chi connectivity index (χ0n) is 6.04. The molecule has 2 unspecified atom stereocenters. The Kier molecular flexibility index (Phi) is 2.28. The summed E-state index contributed by atoms with van der Waals surface area (Å²) in [4.78, 5) is 0. The highest BCUT2D eigenvalue weighted by molar-refractivity contribution is 7.93. The van der Waals surface area contributed by atoms with Crippen LogP contribution in [0.25, 0.3) is 0 Å². The van der Waals surface area contributed by atoms with Crippen LogP contribution in [0.3, 0.4) is 0 Å². The Morgan fingerprint density at radius 2 is 2.50 bits per heavy atom. The minimum absolute atomic E-state index is 0.150. The summed E-state index contributed by atoms with van der Waals surface area (Å²) in [5.41, 5.74) is 0. The van der Waals surface area contributed by atoms with E-state index in [9.17, 15) is 4.21 Å². The quantitative estimate of drug-likeness (QED) is 0.397. The number of hydrogen-bond donors (Lipinski definition) is 2. The van der Waals surface area contributed by atoms with E-state index in [4.69, 9.17) is 5.84 Å². The van der Waals surface area contributed by atoms with Gasteiger partial charge >= 0.3 is 0 Å². The zero-order chi connectivity index (χ0) is 7.61. The maximum Gasteiger partial charge on any atom is 0.0647 e. The summed E-state index contributed by atoms with van der Waals surface area (Å²) >= 11 is 0. The molecule has 0 bridgehead atoms. The van der Waals surface area contributed by atoms with Gasteiger partial charge in [0, 0.05) is 12.8 Å². The van der Waals surface area contributed by atoms with Crippen LogP contribution in [0.1, 0.15) is 6.42 Å². The normalized spacial score (nSPS) is 31.6. The third kappa shape index (κ3) is 1.47. The molecule has 0 radical (unpaired) electrons. The molecule has 0 amide bonds. The highest BCUT2D eigenvalue weighted by Gasteiger charge is 2.22. The van der Waals surface area contributed by atoms with E-state index >= 15 is 0 Å². The summed E-state index contributed by atoms with van der Waals surface area (Å²) in [7, 11) is -2.11. The van der Waals surface area contributed by atoms with E-state index in [-0.39, 0.29) is 5.25 Å². The molecule has 1 aliphatic rings. The molecular weight excluding hydrogens is 150 g/mol. The smallest absolute Gasteiger partial charge is 0.0647 e. The molecule has 0 saturated carbocycles. The van der Waals surface area contributed by atoms with Gasteiger partial charge < -0.3 is 5.32 Å². The first-order chi connectivity index (χ1) is 4.67. The van der Waals surface area contributed by atoms with Crippen LogP contribution in [0.4, 0.5) is 0 Å². The summed E-state index contributed by atoms with van der Waals surface area (Å²) in [6, 6.07) is 0. The molecule has 1 heterocycles. The molecule has 0 aromatic rings. The molecule has 1 saturated heterocycles. The van der Waals surface area contributed by atoms with Crippen LogP contribution in [0, 0.1) is 0 Å². The lowest BCUT2D eigenvalue weighted by atomic mass is 10.4. The minimum atomic E-state index is -2.11. The molecule has 5 heteroatoms. The van der Waals surface area contributed by atoms with Crippen molar-refractivity contribution in [3.63, 3.8) is 0 Å². The molecular formula is C5H13N3OS. The molecule has 10 heavy (non-hydrogen) atoms. The van der Waals surface area contributed by atoms with Gasteiger partial charge in [0.15, 0.2) is 0 Å². The molecule has 2 atom stereocenters. The van der Waals surface area contributed by atoms with Gasteiger partial charge in [0.05, 0.1) is 15.0 Å². The topological polar surface area (TPSA) is 67.5 Å². The van der Waals surface area contributed by atoms with Crippen LogP contribution in [0.15, 0.2) is 4.47 Å². The fraction of sp³-hybridized carbons (Fsp3) is 1.00.